The smallest absolute Gasteiger partial charge is 0.475 e. The number of aromatic nitrogens is 1. The van der Waals surface area contributed by atoms with Gasteiger partial charge in [0.25, 0.3) is 0 Å². The lowest BCUT2D eigenvalue weighted by molar-refractivity contribution is -0.193. The summed E-state index contributed by atoms with van der Waals surface area (Å²) in [5.41, 5.74) is 1.12. The number of halogens is 6. The fraction of sp³-hybridized carbons (Fsp3) is 0.619. The molecule has 1 aromatic rings. The highest BCUT2D eigenvalue weighted by Crippen LogP contribution is 2.35. The Labute approximate surface area is 201 Å². The highest BCUT2D eigenvalue weighted by Gasteiger charge is 2.45. The number of alkyl halides is 6. The molecule has 0 saturated carbocycles. The molecule has 0 bridgehead atoms. The second-order valence-electron chi connectivity index (χ2n) is 8.36. The minimum Gasteiger partial charge on any atom is -0.475 e. The Morgan fingerprint density at radius 2 is 1.67 bits per heavy atom. The maximum Gasteiger partial charge on any atom is 0.490 e. The fourth-order valence-electron chi connectivity index (χ4n) is 4.10. The minimum absolute atomic E-state index is 0.326. The van der Waals surface area contributed by atoms with Gasteiger partial charge in [0.1, 0.15) is 0 Å². The van der Waals surface area contributed by atoms with Crippen LogP contribution in [0.15, 0.2) is 24.4 Å². The first kappa shape index (κ1) is 29.3. The van der Waals surface area contributed by atoms with Crippen LogP contribution in [-0.2, 0) is 25.7 Å². The molecule has 3 saturated heterocycles. The van der Waals surface area contributed by atoms with E-state index in [2.05, 4.69) is 16.0 Å². The number of carbonyl (C=O) groups is 3. The molecule has 0 unspecified atom stereocenters. The predicted octanol–water partition coefficient (Wildman–Crippen LogP) is 2.42. The molecule has 3 atom stereocenters. The number of fused-ring (bicyclic) bond motifs is 1. The third-order valence-electron chi connectivity index (χ3n) is 5.74. The maximum atomic E-state index is 11.8. The molecule has 0 aliphatic carbocycles. The molecule has 3 aliphatic rings. The molecule has 1 aromatic heterocycles. The van der Waals surface area contributed by atoms with Gasteiger partial charge in [-0.25, -0.2) is 9.59 Å². The number of hydrogen-bond acceptors (Lipinski definition) is 6. The van der Waals surface area contributed by atoms with E-state index in [9.17, 15) is 31.1 Å². The van der Waals surface area contributed by atoms with Gasteiger partial charge in [-0.15, -0.1) is 0 Å². The zero-order valence-electron chi connectivity index (χ0n) is 18.8. The summed E-state index contributed by atoms with van der Waals surface area (Å²) in [7, 11) is 0. The molecule has 2 N–H and O–H groups in total. The predicted molar refractivity (Wildman–Crippen MR) is 109 cm³/mol. The molecular formula is C21H25F6N3O6. The topological polar surface area (TPSA) is 120 Å². The van der Waals surface area contributed by atoms with Crippen LogP contribution in [0, 0.1) is 11.8 Å². The number of aliphatic carboxylic acids is 2. The molecule has 202 valence electrons. The number of rotatable bonds is 4. The van der Waals surface area contributed by atoms with Crippen molar-refractivity contribution in [3.05, 3.63) is 30.1 Å². The van der Waals surface area contributed by atoms with Gasteiger partial charge in [-0.3, -0.25) is 14.7 Å². The first-order chi connectivity index (χ1) is 16.7. The molecule has 9 nitrogen and oxygen atoms in total. The fourth-order valence-corrected chi connectivity index (χ4v) is 4.10. The van der Waals surface area contributed by atoms with Crippen LogP contribution >= 0.6 is 0 Å². The van der Waals surface area contributed by atoms with Gasteiger partial charge in [-0.05, 0) is 18.6 Å². The van der Waals surface area contributed by atoms with Gasteiger partial charge in [-0.2, -0.15) is 26.3 Å². The van der Waals surface area contributed by atoms with E-state index in [0.29, 0.717) is 23.8 Å². The number of nitrogens with zero attached hydrogens (tertiary/aromatic N) is 3. The molecule has 4 heterocycles. The Morgan fingerprint density at radius 1 is 1.06 bits per heavy atom. The molecule has 3 fully saturated rings. The molecule has 0 spiro atoms. The van der Waals surface area contributed by atoms with Crippen LogP contribution < -0.4 is 0 Å². The third kappa shape index (κ3) is 8.93. The second-order valence-corrected chi connectivity index (χ2v) is 8.36. The van der Waals surface area contributed by atoms with E-state index < -0.39 is 24.3 Å². The Balaban J connectivity index is 0.000000271. The molecule has 15 heteroatoms. The summed E-state index contributed by atoms with van der Waals surface area (Å²) in [4.78, 5) is 38.5. The zero-order chi connectivity index (χ0) is 27.1. The van der Waals surface area contributed by atoms with Crippen LogP contribution in [0.1, 0.15) is 18.5 Å². The van der Waals surface area contributed by atoms with Gasteiger partial charge in [0, 0.05) is 57.2 Å². The van der Waals surface area contributed by atoms with Gasteiger partial charge in [0.05, 0.1) is 18.4 Å². The average Bonchev–Trinajstić information content (AvgIpc) is 3.46. The van der Waals surface area contributed by atoms with Crippen LogP contribution in [-0.4, -0.2) is 94.1 Å². The highest BCUT2D eigenvalue weighted by atomic mass is 19.4. The number of ether oxygens (including phenoxy) is 1. The van der Waals surface area contributed by atoms with Crippen molar-refractivity contribution in [1.82, 2.24) is 14.8 Å². The second kappa shape index (κ2) is 12.3. The minimum atomic E-state index is -5.08. The van der Waals surface area contributed by atoms with Crippen molar-refractivity contribution in [1.29, 1.82) is 0 Å². The summed E-state index contributed by atoms with van der Waals surface area (Å²) in [6, 6.07) is 6.07. The van der Waals surface area contributed by atoms with Crippen LogP contribution in [0.4, 0.5) is 26.3 Å². The Hall–Kier alpha value is -2.94. The van der Waals surface area contributed by atoms with Gasteiger partial charge in [-0.1, -0.05) is 6.07 Å². The molecule has 36 heavy (non-hydrogen) atoms. The van der Waals surface area contributed by atoms with Gasteiger partial charge >= 0.3 is 24.3 Å². The normalized spacial score (nSPS) is 23.9. The summed E-state index contributed by atoms with van der Waals surface area (Å²) in [5, 5.41) is 14.2. The Kier molecular flexibility index (Phi) is 10.0. The lowest BCUT2D eigenvalue weighted by Gasteiger charge is -2.24. The highest BCUT2D eigenvalue weighted by molar-refractivity contribution is 5.78. The number of pyridine rings is 1. The quantitative estimate of drug-likeness (QED) is 0.571. The summed E-state index contributed by atoms with van der Waals surface area (Å²) in [6.07, 6.45) is -6.23. The first-order valence-corrected chi connectivity index (χ1v) is 10.8. The summed E-state index contributed by atoms with van der Waals surface area (Å²) in [5.74, 6) is -4.12. The molecular weight excluding hydrogens is 504 g/mol. The Bertz CT molecular complexity index is 874. The Morgan fingerprint density at radius 3 is 2.14 bits per heavy atom. The SMILES string of the molecule is O=C(O)C(F)(F)F.O=C(O)C(F)(F)F.O=C1CCCN1C[C@H]1CO[C@@H]2CN(Cc3ccccn3)C[C@H]12. The third-order valence-corrected chi connectivity index (χ3v) is 5.74. The zero-order valence-corrected chi connectivity index (χ0v) is 18.8. The monoisotopic (exact) mass is 529 g/mol. The molecule has 4 rings (SSSR count). The van der Waals surface area contributed by atoms with E-state index in [1.54, 1.807) is 0 Å². The number of carboxylic acid groups (broad SMARTS) is 2. The van der Waals surface area contributed by atoms with E-state index >= 15 is 0 Å². The summed E-state index contributed by atoms with van der Waals surface area (Å²) < 4.78 is 69.5. The van der Waals surface area contributed by atoms with Crippen LogP contribution in [0.3, 0.4) is 0 Å². The van der Waals surface area contributed by atoms with Crippen molar-refractivity contribution in [2.75, 3.05) is 32.8 Å². The van der Waals surface area contributed by atoms with Crippen molar-refractivity contribution in [2.45, 2.75) is 37.8 Å². The van der Waals surface area contributed by atoms with E-state index in [0.717, 1.165) is 57.9 Å². The van der Waals surface area contributed by atoms with Gasteiger partial charge < -0.3 is 19.8 Å². The van der Waals surface area contributed by atoms with Crippen LogP contribution in [0.25, 0.3) is 0 Å². The van der Waals surface area contributed by atoms with Crippen LogP contribution in [0.5, 0.6) is 0 Å². The number of carboxylic acids is 2. The molecule has 3 aliphatic heterocycles. The van der Waals surface area contributed by atoms with Crippen molar-refractivity contribution >= 4 is 17.8 Å². The number of hydrogen-bond donors (Lipinski definition) is 2. The standard InChI is InChI=1S/C17H23N3O2.2C2HF3O2/c21-17-5-3-7-20(17)8-13-12-22-16-11-19(10-15(13)16)9-14-4-1-2-6-18-14;2*3-2(4,5)1(6)7/h1-2,4,6,13,15-16H,3,5,7-12H2;2*(H,6,7)/t13-,15+,16+;;/m0../s1. The van der Waals surface area contributed by atoms with E-state index in [-0.39, 0.29) is 0 Å². The molecule has 0 aromatic carbocycles. The van der Waals surface area contributed by atoms with E-state index in [1.165, 1.54) is 0 Å². The van der Waals surface area contributed by atoms with E-state index in [1.807, 2.05) is 23.2 Å². The van der Waals surface area contributed by atoms with Crippen molar-refractivity contribution in [2.24, 2.45) is 11.8 Å². The number of likely N-dealkylation sites (tertiary alicyclic amines) is 2. The number of carbonyl (C=O) groups excluding carboxylic acids is 1. The van der Waals surface area contributed by atoms with Crippen molar-refractivity contribution < 1.29 is 55.7 Å². The maximum absolute atomic E-state index is 11.8. The average molecular weight is 529 g/mol. The summed E-state index contributed by atoms with van der Waals surface area (Å²) >= 11 is 0. The molecule has 0 radical (unpaired) electrons. The largest absolute Gasteiger partial charge is 0.490 e. The molecule has 1 amide bonds. The van der Waals surface area contributed by atoms with Gasteiger partial charge in [0.2, 0.25) is 5.91 Å². The van der Waals surface area contributed by atoms with Gasteiger partial charge in [0.15, 0.2) is 0 Å². The van der Waals surface area contributed by atoms with Crippen molar-refractivity contribution in [3.8, 4) is 0 Å². The summed E-state index contributed by atoms with van der Waals surface area (Å²) in [6.45, 7) is 5.59. The van der Waals surface area contributed by atoms with Crippen LogP contribution in [0.2, 0.25) is 0 Å². The lowest BCUT2D eigenvalue weighted by Crippen LogP contribution is -2.35. The van der Waals surface area contributed by atoms with Crippen molar-refractivity contribution in [3.63, 3.8) is 0 Å². The lowest BCUT2D eigenvalue weighted by atomic mass is 9.93. The van der Waals surface area contributed by atoms with E-state index in [4.69, 9.17) is 24.5 Å². The first-order valence-electron chi connectivity index (χ1n) is 10.8. The number of amides is 1.